The Morgan fingerprint density at radius 3 is 2.20 bits per heavy atom. The molecule has 0 aliphatic rings. The first-order chi connectivity index (χ1) is 11.7. The summed E-state index contributed by atoms with van der Waals surface area (Å²) in [6.07, 6.45) is 0. The Kier molecular flexibility index (Phi) is 5.25. The molecular weight excluding hydrogens is 322 g/mol. The van der Waals surface area contributed by atoms with E-state index in [1.54, 1.807) is 6.92 Å². The molecule has 0 radical (unpaired) electrons. The summed E-state index contributed by atoms with van der Waals surface area (Å²) in [7, 11) is 1.40. The zero-order chi connectivity index (χ0) is 18.9. The Balaban J connectivity index is 2.68. The van der Waals surface area contributed by atoms with Crippen LogP contribution in [0.2, 0.25) is 0 Å². The topological polar surface area (TPSA) is 83.2 Å². The van der Waals surface area contributed by atoms with Crippen molar-refractivity contribution in [2.45, 2.75) is 41.2 Å². The predicted octanol–water partition coefficient (Wildman–Crippen LogP) is 1.40. The Morgan fingerprint density at radius 2 is 1.68 bits per heavy atom. The van der Waals surface area contributed by atoms with E-state index in [1.165, 1.54) is 7.05 Å². The van der Waals surface area contributed by atoms with E-state index in [1.807, 2.05) is 27.7 Å². The Morgan fingerprint density at radius 1 is 1.12 bits per heavy atom. The van der Waals surface area contributed by atoms with Crippen molar-refractivity contribution < 1.29 is 9.53 Å². The third kappa shape index (κ3) is 3.40. The smallest absolute Gasteiger partial charge is 0.364 e. The van der Waals surface area contributed by atoms with Crippen molar-refractivity contribution in [2.24, 2.45) is 7.05 Å². The molecule has 1 heterocycles. The van der Waals surface area contributed by atoms with Crippen LogP contribution >= 0.6 is 0 Å². The predicted molar refractivity (Wildman–Crippen MR) is 94.2 cm³/mol. The van der Waals surface area contributed by atoms with Gasteiger partial charge in [0.1, 0.15) is 0 Å². The highest BCUT2D eigenvalue weighted by atomic mass is 16.5. The lowest BCUT2D eigenvalue weighted by Crippen LogP contribution is -2.44. The van der Waals surface area contributed by atoms with Crippen LogP contribution in [-0.4, -0.2) is 26.9 Å². The van der Waals surface area contributed by atoms with Gasteiger partial charge in [0.2, 0.25) is 5.69 Å². The molecule has 25 heavy (non-hydrogen) atoms. The standard InChI is InChI=1S/C18H23N3O4/c1-7-25-17(23)15-16(22)21(18(24)20(6)19-15)9-14-12(4)10(2)8-11(3)13(14)5/h8H,7,9H2,1-6H3. The third-order valence-corrected chi connectivity index (χ3v) is 4.51. The van der Waals surface area contributed by atoms with Gasteiger partial charge < -0.3 is 4.74 Å². The van der Waals surface area contributed by atoms with Crippen molar-refractivity contribution in [2.75, 3.05) is 6.61 Å². The molecule has 0 N–H and O–H groups in total. The molecule has 134 valence electrons. The van der Waals surface area contributed by atoms with E-state index in [9.17, 15) is 14.4 Å². The summed E-state index contributed by atoms with van der Waals surface area (Å²) < 4.78 is 6.89. The molecule has 0 fully saturated rings. The van der Waals surface area contributed by atoms with E-state index in [-0.39, 0.29) is 18.8 Å². The molecule has 2 rings (SSSR count). The second-order valence-corrected chi connectivity index (χ2v) is 6.11. The highest BCUT2D eigenvalue weighted by Crippen LogP contribution is 2.21. The molecular formula is C18H23N3O4. The monoisotopic (exact) mass is 345 g/mol. The van der Waals surface area contributed by atoms with Gasteiger partial charge in [-0.25, -0.2) is 14.3 Å². The summed E-state index contributed by atoms with van der Waals surface area (Å²) >= 11 is 0. The van der Waals surface area contributed by atoms with Gasteiger partial charge in [-0.1, -0.05) is 6.07 Å². The van der Waals surface area contributed by atoms with Crippen LogP contribution in [0.5, 0.6) is 0 Å². The summed E-state index contributed by atoms with van der Waals surface area (Å²) in [4.78, 5) is 37.0. The van der Waals surface area contributed by atoms with Crippen molar-refractivity contribution in [3.8, 4) is 0 Å². The lowest BCUT2D eigenvalue weighted by Gasteiger charge is -2.16. The molecule has 1 aromatic heterocycles. The number of carbonyl (C=O) groups is 1. The number of carbonyl (C=O) groups excluding carboxylic acids is 1. The molecule has 0 saturated carbocycles. The van der Waals surface area contributed by atoms with Gasteiger partial charge >= 0.3 is 11.7 Å². The number of rotatable bonds is 4. The van der Waals surface area contributed by atoms with Crippen molar-refractivity contribution in [1.82, 2.24) is 14.3 Å². The van der Waals surface area contributed by atoms with Crippen LogP contribution in [0.4, 0.5) is 0 Å². The molecule has 0 aliphatic heterocycles. The van der Waals surface area contributed by atoms with Crippen LogP contribution in [0.15, 0.2) is 15.7 Å². The Hall–Kier alpha value is -2.70. The Labute approximate surface area is 145 Å². The van der Waals surface area contributed by atoms with Gasteiger partial charge in [0.25, 0.3) is 5.56 Å². The van der Waals surface area contributed by atoms with E-state index < -0.39 is 17.2 Å². The van der Waals surface area contributed by atoms with Crippen LogP contribution < -0.4 is 11.2 Å². The average Bonchev–Trinajstić information content (AvgIpc) is 2.56. The number of nitrogens with zero attached hydrogens (tertiary/aromatic N) is 3. The molecule has 7 heteroatoms. The van der Waals surface area contributed by atoms with Crippen LogP contribution in [0.3, 0.4) is 0 Å². The Bertz CT molecular complexity index is 928. The molecule has 0 amide bonds. The summed E-state index contributed by atoms with van der Waals surface area (Å²) in [6, 6.07) is 2.08. The maximum absolute atomic E-state index is 12.6. The van der Waals surface area contributed by atoms with Gasteiger partial charge in [-0.15, -0.1) is 0 Å². The fraction of sp³-hybridized carbons (Fsp3) is 0.444. The van der Waals surface area contributed by atoms with Crippen LogP contribution in [-0.2, 0) is 18.3 Å². The second kappa shape index (κ2) is 7.04. The minimum absolute atomic E-state index is 0.0839. The highest BCUT2D eigenvalue weighted by Gasteiger charge is 2.20. The van der Waals surface area contributed by atoms with Crippen LogP contribution in [0.1, 0.15) is 45.2 Å². The molecule has 0 unspecified atom stereocenters. The summed E-state index contributed by atoms with van der Waals surface area (Å²) in [5, 5.41) is 3.77. The molecule has 0 spiro atoms. The molecule has 0 saturated heterocycles. The normalized spacial score (nSPS) is 10.8. The van der Waals surface area contributed by atoms with Crippen molar-refractivity contribution in [3.05, 3.63) is 60.4 Å². The van der Waals surface area contributed by atoms with Gasteiger partial charge in [-0.3, -0.25) is 9.36 Å². The highest BCUT2D eigenvalue weighted by molar-refractivity contribution is 5.86. The molecule has 0 bridgehead atoms. The summed E-state index contributed by atoms with van der Waals surface area (Å²) in [6.45, 7) is 9.74. The number of benzene rings is 1. The zero-order valence-corrected chi connectivity index (χ0v) is 15.5. The van der Waals surface area contributed by atoms with Crippen LogP contribution in [0.25, 0.3) is 0 Å². The van der Waals surface area contributed by atoms with E-state index in [4.69, 9.17) is 4.74 Å². The first kappa shape index (κ1) is 18.6. The van der Waals surface area contributed by atoms with E-state index >= 15 is 0 Å². The summed E-state index contributed by atoms with van der Waals surface area (Å²) in [5.41, 5.74) is 3.42. The van der Waals surface area contributed by atoms with Gasteiger partial charge in [0.05, 0.1) is 13.2 Å². The SMILES string of the molecule is CCOC(=O)c1nn(C)c(=O)n(Cc2c(C)c(C)cc(C)c2C)c1=O. The number of aryl methyl sites for hydroxylation is 3. The summed E-state index contributed by atoms with van der Waals surface area (Å²) in [5.74, 6) is -0.828. The molecule has 7 nitrogen and oxygen atoms in total. The van der Waals surface area contributed by atoms with Crippen molar-refractivity contribution in [3.63, 3.8) is 0 Å². The maximum Gasteiger partial charge on any atom is 0.364 e. The molecule has 0 aliphatic carbocycles. The van der Waals surface area contributed by atoms with E-state index in [0.29, 0.717) is 0 Å². The number of hydrogen-bond donors (Lipinski definition) is 0. The number of hydrogen-bond acceptors (Lipinski definition) is 5. The first-order valence-corrected chi connectivity index (χ1v) is 8.10. The lowest BCUT2D eigenvalue weighted by molar-refractivity contribution is 0.0512. The minimum Gasteiger partial charge on any atom is -0.461 e. The minimum atomic E-state index is -0.828. The van der Waals surface area contributed by atoms with E-state index in [0.717, 1.165) is 37.1 Å². The second-order valence-electron chi connectivity index (χ2n) is 6.11. The number of ether oxygens (including phenoxy) is 1. The van der Waals surface area contributed by atoms with Crippen LogP contribution in [0, 0.1) is 27.7 Å². The maximum atomic E-state index is 12.6. The van der Waals surface area contributed by atoms with Gasteiger partial charge in [0.15, 0.2) is 0 Å². The third-order valence-electron chi connectivity index (χ3n) is 4.51. The van der Waals surface area contributed by atoms with Crippen molar-refractivity contribution >= 4 is 5.97 Å². The molecule has 2 aromatic rings. The first-order valence-electron chi connectivity index (χ1n) is 8.10. The van der Waals surface area contributed by atoms with Gasteiger partial charge in [0, 0.05) is 7.05 Å². The lowest BCUT2D eigenvalue weighted by atomic mass is 9.94. The van der Waals surface area contributed by atoms with Crippen molar-refractivity contribution in [1.29, 1.82) is 0 Å². The van der Waals surface area contributed by atoms with Gasteiger partial charge in [-0.2, -0.15) is 5.10 Å². The largest absolute Gasteiger partial charge is 0.461 e. The average molecular weight is 345 g/mol. The quantitative estimate of drug-likeness (QED) is 0.782. The van der Waals surface area contributed by atoms with E-state index in [2.05, 4.69) is 11.2 Å². The fourth-order valence-electron chi connectivity index (χ4n) is 2.79. The molecule has 1 aromatic carbocycles. The molecule has 0 atom stereocenters. The number of aromatic nitrogens is 3. The fourth-order valence-corrected chi connectivity index (χ4v) is 2.79. The van der Waals surface area contributed by atoms with Gasteiger partial charge in [-0.05, 0) is 62.4 Å². The zero-order valence-electron chi connectivity index (χ0n) is 15.5. The number of esters is 1.